The van der Waals surface area contributed by atoms with Gasteiger partial charge in [0.15, 0.2) is 0 Å². The standard InChI is InChI=1S/C23H30FN3O5S/c1-26(33(3,30)31)17-22(28)27(16-19-9-11-20(24)12-10-19)21(23(29)25-13-14-32-2)15-18-7-5-4-6-8-18/h4-12,21H,13-17H2,1-3H3,(H,25,29). The number of nitrogens with zero attached hydrogens (tertiary/aromatic N) is 2. The zero-order valence-electron chi connectivity index (χ0n) is 19.0. The molecule has 180 valence electrons. The van der Waals surface area contributed by atoms with Crippen molar-refractivity contribution in [2.45, 2.75) is 19.0 Å². The molecule has 0 saturated heterocycles. The minimum Gasteiger partial charge on any atom is -0.383 e. The van der Waals surface area contributed by atoms with E-state index in [0.29, 0.717) is 12.2 Å². The van der Waals surface area contributed by atoms with Crippen LogP contribution in [0.1, 0.15) is 11.1 Å². The molecule has 0 aliphatic heterocycles. The van der Waals surface area contributed by atoms with E-state index >= 15 is 0 Å². The van der Waals surface area contributed by atoms with Crippen molar-refractivity contribution in [3.8, 4) is 0 Å². The van der Waals surface area contributed by atoms with E-state index in [4.69, 9.17) is 4.74 Å². The number of hydrogen-bond donors (Lipinski definition) is 1. The van der Waals surface area contributed by atoms with Crippen LogP contribution in [0.5, 0.6) is 0 Å². The second-order valence-electron chi connectivity index (χ2n) is 7.66. The van der Waals surface area contributed by atoms with Crippen molar-refractivity contribution in [1.82, 2.24) is 14.5 Å². The molecule has 10 heteroatoms. The quantitative estimate of drug-likeness (QED) is 0.465. The van der Waals surface area contributed by atoms with Crippen LogP contribution in [0.2, 0.25) is 0 Å². The second-order valence-corrected chi connectivity index (χ2v) is 9.75. The first-order valence-corrected chi connectivity index (χ1v) is 12.2. The maximum atomic E-state index is 13.4. The maximum absolute atomic E-state index is 13.4. The number of nitrogens with one attached hydrogen (secondary N) is 1. The van der Waals surface area contributed by atoms with Crippen LogP contribution < -0.4 is 5.32 Å². The van der Waals surface area contributed by atoms with Gasteiger partial charge in [-0.1, -0.05) is 42.5 Å². The molecular formula is C23H30FN3O5S. The smallest absolute Gasteiger partial charge is 0.243 e. The number of likely N-dealkylation sites (N-methyl/N-ethyl adjacent to an activating group) is 1. The average molecular weight is 480 g/mol. The first kappa shape index (κ1) is 26.4. The average Bonchev–Trinajstić information content (AvgIpc) is 2.77. The Labute approximate surface area is 194 Å². The molecule has 2 aromatic rings. The summed E-state index contributed by atoms with van der Waals surface area (Å²) in [5.41, 5.74) is 1.44. The van der Waals surface area contributed by atoms with E-state index in [9.17, 15) is 22.4 Å². The topological polar surface area (TPSA) is 96.0 Å². The van der Waals surface area contributed by atoms with Crippen molar-refractivity contribution in [2.75, 3.05) is 40.1 Å². The number of carbonyl (C=O) groups is 2. The lowest BCUT2D eigenvalue weighted by atomic mass is 10.0. The summed E-state index contributed by atoms with van der Waals surface area (Å²) in [7, 11) is -0.800. The maximum Gasteiger partial charge on any atom is 0.243 e. The molecule has 1 atom stereocenters. The van der Waals surface area contributed by atoms with Crippen LogP contribution in [0.3, 0.4) is 0 Å². The van der Waals surface area contributed by atoms with E-state index in [0.717, 1.165) is 16.1 Å². The second kappa shape index (κ2) is 12.4. The highest BCUT2D eigenvalue weighted by molar-refractivity contribution is 7.88. The third-order valence-corrected chi connectivity index (χ3v) is 6.33. The monoisotopic (exact) mass is 479 g/mol. The van der Waals surface area contributed by atoms with E-state index in [-0.39, 0.29) is 19.5 Å². The number of sulfonamides is 1. The lowest BCUT2D eigenvalue weighted by molar-refractivity contribution is -0.141. The fourth-order valence-electron chi connectivity index (χ4n) is 3.13. The van der Waals surface area contributed by atoms with E-state index in [1.54, 1.807) is 0 Å². The summed E-state index contributed by atoms with van der Waals surface area (Å²) in [5, 5.41) is 2.77. The van der Waals surface area contributed by atoms with Crippen molar-refractivity contribution < 1.29 is 27.1 Å². The molecule has 0 aliphatic carbocycles. The Bertz CT molecular complexity index is 1020. The molecule has 1 N–H and O–H groups in total. The van der Waals surface area contributed by atoms with Gasteiger partial charge in [0.25, 0.3) is 0 Å². The van der Waals surface area contributed by atoms with E-state index in [2.05, 4.69) is 5.32 Å². The molecule has 0 radical (unpaired) electrons. The van der Waals surface area contributed by atoms with Crippen molar-refractivity contribution in [2.24, 2.45) is 0 Å². The minimum absolute atomic E-state index is 0.00587. The van der Waals surface area contributed by atoms with Crippen molar-refractivity contribution in [3.05, 3.63) is 71.5 Å². The molecule has 0 heterocycles. The van der Waals surface area contributed by atoms with Gasteiger partial charge in [-0.15, -0.1) is 0 Å². The Balaban J connectivity index is 2.40. The number of halogens is 1. The summed E-state index contributed by atoms with van der Waals surface area (Å²) in [6.45, 7) is 0.123. The van der Waals surface area contributed by atoms with Crippen LogP contribution in [0.25, 0.3) is 0 Å². The summed E-state index contributed by atoms with van der Waals surface area (Å²) in [4.78, 5) is 27.8. The van der Waals surface area contributed by atoms with Gasteiger partial charge in [-0.3, -0.25) is 9.59 Å². The largest absolute Gasteiger partial charge is 0.383 e. The molecule has 8 nitrogen and oxygen atoms in total. The SMILES string of the molecule is COCCNC(=O)C(Cc1ccccc1)N(Cc1ccc(F)cc1)C(=O)CN(C)S(C)(=O)=O. The van der Waals surface area contributed by atoms with Crippen LogP contribution >= 0.6 is 0 Å². The Morgan fingerprint density at radius 3 is 2.27 bits per heavy atom. The van der Waals surface area contributed by atoms with Crippen LogP contribution in [0.4, 0.5) is 4.39 Å². The van der Waals surface area contributed by atoms with Crippen LogP contribution in [-0.2, 0) is 37.3 Å². The van der Waals surface area contributed by atoms with Gasteiger partial charge in [0, 0.05) is 33.7 Å². The third kappa shape index (κ3) is 8.56. The predicted octanol–water partition coefficient (Wildman–Crippen LogP) is 1.42. The Kier molecular flexibility index (Phi) is 9.95. The number of benzene rings is 2. The zero-order chi connectivity index (χ0) is 24.4. The highest BCUT2D eigenvalue weighted by Gasteiger charge is 2.31. The molecule has 2 amide bonds. The van der Waals surface area contributed by atoms with Gasteiger partial charge in [0.2, 0.25) is 21.8 Å². The predicted molar refractivity (Wildman–Crippen MR) is 123 cm³/mol. The molecule has 0 aromatic heterocycles. The number of methoxy groups -OCH3 is 1. The highest BCUT2D eigenvalue weighted by Crippen LogP contribution is 2.16. The summed E-state index contributed by atoms with van der Waals surface area (Å²) < 4.78 is 43.1. The van der Waals surface area contributed by atoms with Gasteiger partial charge in [-0.05, 0) is 23.3 Å². The molecule has 33 heavy (non-hydrogen) atoms. The Hall–Kier alpha value is -2.82. The highest BCUT2D eigenvalue weighted by atomic mass is 32.2. The van der Waals surface area contributed by atoms with E-state index in [1.807, 2.05) is 30.3 Å². The molecule has 2 aromatic carbocycles. The van der Waals surface area contributed by atoms with Crippen LogP contribution in [-0.4, -0.2) is 75.6 Å². The molecule has 0 saturated carbocycles. The normalized spacial score (nSPS) is 12.4. The van der Waals surface area contributed by atoms with Crippen molar-refractivity contribution in [1.29, 1.82) is 0 Å². The van der Waals surface area contributed by atoms with E-state index in [1.165, 1.54) is 43.3 Å². The van der Waals surface area contributed by atoms with Crippen LogP contribution in [0, 0.1) is 5.82 Å². The summed E-state index contributed by atoms with van der Waals surface area (Å²) >= 11 is 0. The molecule has 0 fully saturated rings. The first-order chi connectivity index (χ1) is 15.6. The first-order valence-electron chi connectivity index (χ1n) is 10.4. The van der Waals surface area contributed by atoms with Crippen LogP contribution in [0.15, 0.2) is 54.6 Å². The van der Waals surface area contributed by atoms with Crippen molar-refractivity contribution >= 4 is 21.8 Å². The minimum atomic E-state index is -3.61. The fourth-order valence-corrected chi connectivity index (χ4v) is 3.48. The summed E-state index contributed by atoms with van der Waals surface area (Å²) in [6, 6.07) is 13.9. The summed E-state index contributed by atoms with van der Waals surface area (Å²) in [5.74, 6) is -1.37. The summed E-state index contributed by atoms with van der Waals surface area (Å²) in [6.07, 6.45) is 1.22. The number of carbonyl (C=O) groups excluding carboxylic acids is 2. The third-order valence-electron chi connectivity index (χ3n) is 5.07. The van der Waals surface area contributed by atoms with Gasteiger partial charge in [0.1, 0.15) is 11.9 Å². The molecule has 0 spiro atoms. The Morgan fingerprint density at radius 2 is 1.70 bits per heavy atom. The fraction of sp³-hybridized carbons (Fsp3) is 0.391. The molecule has 2 rings (SSSR count). The van der Waals surface area contributed by atoms with Gasteiger partial charge in [0.05, 0.1) is 19.4 Å². The van der Waals surface area contributed by atoms with Gasteiger partial charge >= 0.3 is 0 Å². The number of rotatable bonds is 12. The number of ether oxygens (including phenoxy) is 1. The van der Waals surface area contributed by atoms with E-state index < -0.39 is 40.2 Å². The van der Waals surface area contributed by atoms with Crippen molar-refractivity contribution in [3.63, 3.8) is 0 Å². The zero-order valence-corrected chi connectivity index (χ0v) is 19.8. The van der Waals surface area contributed by atoms with Gasteiger partial charge in [-0.25, -0.2) is 12.8 Å². The lowest BCUT2D eigenvalue weighted by Gasteiger charge is -2.32. The molecule has 1 unspecified atom stereocenters. The lowest BCUT2D eigenvalue weighted by Crippen LogP contribution is -2.53. The Morgan fingerprint density at radius 1 is 1.06 bits per heavy atom. The number of hydrogen-bond acceptors (Lipinski definition) is 5. The number of amides is 2. The van der Waals surface area contributed by atoms with Gasteiger partial charge < -0.3 is 15.0 Å². The molecular weight excluding hydrogens is 449 g/mol. The molecule has 0 bridgehead atoms. The molecule has 0 aliphatic rings. The van der Waals surface area contributed by atoms with Gasteiger partial charge in [-0.2, -0.15) is 4.31 Å².